The van der Waals surface area contributed by atoms with Gasteiger partial charge in [-0.15, -0.1) is 0 Å². The van der Waals surface area contributed by atoms with Crippen molar-refractivity contribution in [3.63, 3.8) is 0 Å². The Bertz CT molecular complexity index is 474. The summed E-state index contributed by atoms with van der Waals surface area (Å²) in [5.74, 6) is 0.0833. The second kappa shape index (κ2) is 5.89. The number of nitrogens with zero attached hydrogens (tertiary/aromatic N) is 1. The van der Waals surface area contributed by atoms with E-state index in [9.17, 15) is 14.4 Å². The fourth-order valence-corrected chi connectivity index (χ4v) is 3.34. The van der Waals surface area contributed by atoms with Gasteiger partial charge in [0.1, 0.15) is 12.1 Å². The summed E-state index contributed by atoms with van der Waals surface area (Å²) >= 11 is 0. The third kappa shape index (κ3) is 3.42. The molecule has 1 spiro atoms. The van der Waals surface area contributed by atoms with E-state index in [2.05, 4.69) is 17.6 Å². The molecular formula is C16H27N3O3. The highest BCUT2D eigenvalue weighted by Crippen LogP contribution is 2.37. The number of nitrogens with one attached hydrogen (secondary N) is 2. The zero-order chi connectivity index (χ0) is 16.5. The van der Waals surface area contributed by atoms with E-state index in [0.29, 0.717) is 18.8 Å². The molecule has 0 bridgehead atoms. The summed E-state index contributed by atoms with van der Waals surface area (Å²) in [5, 5.41) is 5.62. The van der Waals surface area contributed by atoms with Crippen molar-refractivity contribution < 1.29 is 14.4 Å². The van der Waals surface area contributed by atoms with Crippen molar-refractivity contribution in [1.29, 1.82) is 0 Å². The average Bonchev–Trinajstić information content (AvgIpc) is 2.62. The molecule has 6 nitrogen and oxygen atoms in total. The molecule has 1 saturated heterocycles. The lowest BCUT2D eigenvalue weighted by atomic mass is 9.75. The number of hydrogen-bond donors (Lipinski definition) is 2. The minimum Gasteiger partial charge on any atom is -0.350 e. The van der Waals surface area contributed by atoms with Gasteiger partial charge in [-0.2, -0.15) is 0 Å². The number of carbonyl (C=O) groups excluding carboxylic acids is 3. The molecular weight excluding hydrogens is 282 g/mol. The maximum absolute atomic E-state index is 12.7. The summed E-state index contributed by atoms with van der Waals surface area (Å²) in [6.07, 6.45) is 4.35. The summed E-state index contributed by atoms with van der Waals surface area (Å²) in [6, 6.07) is -0.441. The van der Waals surface area contributed by atoms with E-state index in [1.807, 2.05) is 20.8 Å². The molecule has 6 heteroatoms. The van der Waals surface area contributed by atoms with Crippen LogP contribution in [0.3, 0.4) is 0 Å². The van der Waals surface area contributed by atoms with Crippen molar-refractivity contribution in [2.24, 2.45) is 5.92 Å². The minimum absolute atomic E-state index is 0.207. The Labute approximate surface area is 132 Å². The van der Waals surface area contributed by atoms with E-state index in [0.717, 1.165) is 24.2 Å². The molecule has 0 radical (unpaired) electrons. The minimum atomic E-state index is -0.773. The molecule has 0 unspecified atom stereocenters. The molecule has 22 heavy (non-hydrogen) atoms. The molecule has 0 atom stereocenters. The number of rotatable bonds is 3. The fraction of sp³-hybridized carbons (Fsp3) is 0.812. The van der Waals surface area contributed by atoms with Crippen LogP contribution in [0.1, 0.15) is 59.8 Å². The van der Waals surface area contributed by atoms with Crippen LogP contribution in [0.4, 0.5) is 4.79 Å². The number of hydrogen-bond acceptors (Lipinski definition) is 3. The molecule has 2 rings (SSSR count). The van der Waals surface area contributed by atoms with Crippen molar-refractivity contribution in [2.45, 2.75) is 70.9 Å². The van der Waals surface area contributed by atoms with E-state index in [1.54, 1.807) is 0 Å². The van der Waals surface area contributed by atoms with Crippen molar-refractivity contribution in [1.82, 2.24) is 15.5 Å². The number of carbonyl (C=O) groups is 3. The van der Waals surface area contributed by atoms with Crippen LogP contribution in [-0.2, 0) is 9.59 Å². The molecule has 1 heterocycles. The van der Waals surface area contributed by atoms with Gasteiger partial charge < -0.3 is 10.6 Å². The van der Waals surface area contributed by atoms with Gasteiger partial charge in [0.05, 0.1) is 0 Å². The molecule has 2 aliphatic rings. The van der Waals surface area contributed by atoms with Crippen LogP contribution >= 0.6 is 0 Å². The standard InChI is InChI=1S/C16H27N3O3/c1-5-11-6-8-16(9-7-11)13(21)19(14(22)18-16)10-12(20)17-15(2,3)4/h11H,5-10H2,1-4H3,(H,17,20)(H,18,22). The van der Waals surface area contributed by atoms with Gasteiger partial charge in [0.15, 0.2) is 0 Å². The Morgan fingerprint density at radius 1 is 1.32 bits per heavy atom. The van der Waals surface area contributed by atoms with Gasteiger partial charge in [0.25, 0.3) is 5.91 Å². The SMILES string of the molecule is CCC1CCC2(CC1)NC(=O)N(CC(=O)NC(C)(C)C)C2=O. The maximum atomic E-state index is 12.7. The Morgan fingerprint density at radius 2 is 1.91 bits per heavy atom. The lowest BCUT2D eigenvalue weighted by molar-refractivity contribution is -0.136. The maximum Gasteiger partial charge on any atom is 0.325 e. The highest BCUT2D eigenvalue weighted by atomic mass is 16.2. The van der Waals surface area contributed by atoms with Gasteiger partial charge in [-0.1, -0.05) is 13.3 Å². The summed E-state index contributed by atoms with van der Waals surface area (Å²) in [7, 11) is 0. The van der Waals surface area contributed by atoms with Gasteiger partial charge in [-0.3, -0.25) is 14.5 Å². The summed E-state index contributed by atoms with van der Waals surface area (Å²) in [4.78, 5) is 37.8. The topological polar surface area (TPSA) is 78.5 Å². The molecule has 124 valence electrons. The third-order valence-electron chi connectivity index (χ3n) is 4.60. The van der Waals surface area contributed by atoms with Gasteiger partial charge in [0.2, 0.25) is 5.91 Å². The van der Waals surface area contributed by atoms with Gasteiger partial charge >= 0.3 is 6.03 Å². The van der Waals surface area contributed by atoms with E-state index < -0.39 is 11.6 Å². The Kier molecular flexibility index (Phi) is 4.49. The highest BCUT2D eigenvalue weighted by Gasteiger charge is 2.52. The molecule has 2 N–H and O–H groups in total. The molecule has 0 aromatic rings. The molecule has 0 aromatic heterocycles. The predicted octanol–water partition coefficient (Wildman–Crippen LogP) is 1.79. The molecule has 2 fully saturated rings. The quantitative estimate of drug-likeness (QED) is 0.780. The van der Waals surface area contributed by atoms with E-state index in [-0.39, 0.29) is 23.9 Å². The summed E-state index contributed by atoms with van der Waals surface area (Å²) in [6.45, 7) is 7.54. The van der Waals surface area contributed by atoms with Crippen molar-refractivity contribution in [3.8, 4) is 0 Å². The predicted molar refractivity (Wildman–Crippen MR) is 83.1 cm³/mol. The summed E-state index contributed by atoms with van der Waals surface area (Å²) < 4.78 is 0. The Balaban J connectivity index is 2.02. The zero-order valence-electron chi connectivity index (χ0n) is 14.0. The van der Waals surface area contributed by atoms with E-state index in [4.69, 9.17) is 0 Å². The van der Waals surface area contributed by atoms with E-state index in [1.165, 1.54) is 0 Å². The number of amides is 4. The number of urea groups is 1. The first-order valence-corrected chi connectivity index (χ1v) is 8.12. The average molecular weight is 309 g/mol. The first kappa shape index (κ1) is 16.8. The van der Waals surface area contributed by atoms with Crippen LogP contribution < -0.4 is 10.6 Å². The van der Waals surface area contributed by atoms with Crippen LogP contribution in [0.15, 0.2) is 0 Å². The van der Waals surface area contributed by atoms with Gasteiger partial charge in [-0.05, 0) is 52.4 Å². The van der Waals surface area contributed by atoms with Crippen molar-refractivity contribution >= 4 is 17.8 Å². The van der Waals surface area contributed by atoms with Crippen LogP contribution in [0.25, 0.3) is 0 Å². The normalized spacial score (nSPS) is 28.9. The second-order valence-electron chi connectivity index (χ2n) is 7.55. The lowest BCUT2D eigenvalue weighted by Gasteiger charge is -2.34. The van der Waals surface area contributed by atoms with Gasteiger partial charge in [-0.25, -0.2) is 4.79 Å². The first-order valence-electron chi connectivity index (χ1n) is 8.12. The van der Waals surface area contributed by atoms with Gasteiger partial charge in [0, 0.05) is 5.54 Å². The number of imide groups is 1. The first-order chi connectivity index (χ1) is 10.2. The molecule has 4 amide bonds. The van der Waals surface area contributed by atoms with Crippen molar-refractivity contribution in [3.05, 3.63) is 0 Å². The van der Waals surface area contributed by atoms with Crippen LogP contribution in [0.2, 0.25) is 0 Å². The monoisotopic (exact) mass is 309 g/mol. The highest BCUT2D eigenvalue weighted by molar-refractivity contribution is 6.09. The fourth-order valence-electron chi connectivity index (χ4n) is 3.34. The Hall–Kier alpha value is -1.59. The smallest absolute Gasteiger partial charge is 0.325 e. The molecule has 0 aromatic carbocycles. The Morgan fingerprint density at radius 3 is 2.41 bits per heavy atom. The van der Waals surface area contributed by atoms with Crippen molar-refractivity contribution in [2.75, 3.05) is 6.54 Å². The second-order valence-corrected chi connectivity index (χ2v) is 7.55. The van der Waals surface area contributed by atoms with Crippen LogP contribution in [0, 0.1) is 5.92 Å². The third-order valence-corrected chi connectivity index (χ3v) is 4.60. The van der Waals surface area contributed by atoms with E-state index >= 15 is 0 Å². The van der Waals surface area contributed by atoms with Crippen LogP contribution in [0.5, 0.6) is 0 Å². The molecule has 1 saturated carbocycles. The zero-order valence-corrected chi connectivity index (χ0v) is 14.0. The summed E-state index contributed by atoms with van der Waals surface area (Å²) in [5.41, 5.74) is -1.15. The molecule has 1 aliphatic heterocycles. The molecule has 1 aliphatic carbocycles. The van der Waals surface area contributed by atoms with Crippen LogP contribution in [-0.4, -0.2) is 40.4 Å². The lowest BCUT2D eigenvalue weighted by Crippen LogP contribution is -2.50. The largest absolute Gasteiger partial charge is 0.350 e.